The van der Waals surface area contributed by atoms with Crippen LogP contribution in [0.3, 0.4) is 0 Å². The molecule has 9 nitrogen and oxygen atoms in total. The van der Waals surface area contributed by atoms with Crippen molar-refractivity contribution in [3.05, 3.63) is 92.6 Å². The minimum Gasteiger partial charge on any atom is -0.402 e. The van der Waals surface area contributed by atoms with Gasteiger partial charge in [0.15, 0.2) is 0 Å². The molecular weight excluding hydrogens is 476 g/mol. The van der Waals surface area contributed by atoms with E-state index in [4.69, 9.17) is 5.73 Å². The van der Waals surface area contributed by atoms with Crippen molar-refractivity contribution in [2.45, 2.75) is 34.2 Å². The number of hydrogen-bond donors (Lipinski definition) is 4. The summed E-state index contributed by atoms with van der Waals surface area (Å²) in [5, 5.41) is 9.67. The van der Waals surface area contributed by atoms with Gasteiger partial charge in [-0.25, -0.2) is 5.43 Å². The molecule has 0 saturated carbocycles. The standard InChI is InChI=1S/C26H28N6O3S/c1-15-7-8-20(12-16(15)2)30-26(35)23(17(3)27)18(4)31-32-25(34)22-10-9-21(36-22)24(33)29-14-19-6-5-11-28-13-19/h5-13H,14,27H2,1-4H3,(H,29,33)(H,30,35)(H,32,34). The molecule has 1 aromatic carbocycles. The fourth-order valence-corrected chi connectivity index (χ4v) is 4.05. The Morgan fingerprint density at radius 3 is 2.36 bits per heavy atom. The minimum atomic E-state index is -0.505. The molecule has 0 aliphatic heterocycles. The number of nitrogens with zero attached hydrogens (tertiary/aromatic N) is 2. The number of benzene rings is 1. The lowest BCUT2D eigenvalue weighted by molar-refractivity contribution is -0.112. The third-order valence-corrected chi connectivity index (χ3v) is 6.39. The van der Waals surface area contributed by atoms with Crippen molar-refractivity contribution in [1.82, 2.24) is 15.7 Å². The largest absolute Gasteiger partial charge is 0.402 e. The molecule has 0 aliphatic rings. The predicted octanol–water partition coefficient (Wildman–Crippen LogP) is 3.67. The highest BCUT2D eigenvalue weighted by Gasteiger charge is 2.18. The summed E-state index contributed by atoms with van der Waals surface area (Å²) in [7, 11) is 0. The van der Waals surface area contributed by atoms with E-state index in [2.05, 4.69) is 26.1 Å². The average molecular weight is 505 g/mol. The zero-order valence-electron chi connectivity index (χ0n) is 20.5. The van der Waals surface area contributed by atoms with E-state index in [0.29, 0.717) is 22.0 Å². The van der Waals surface area contributed by atoms with Gasteiger partial charge in [-0.2, -0.15) is 5.10 Å². The molecule has 2 heterocycles. The molecule has 0 atom stereocenters. The molecular formula is C26H28N6O3S. The molecule has 0 aliphatic carbocycles. The zero-order chi connectivity index (χ0) is 26.2. The van der Waals surface area contributed by atoms with E-state index in [1.54, 1.807) is 50.5 Å². The van der Waals surface area contributed by atoms with E-state index in [9.17, 15) is 14.4 Å². The summed E-state index contributed by atoms with van der Waals surface area (Å²) < 4.78 is 0. The van der Waals surface area contributed by atoms with Gasteiger partial charge < -0.3 is 16.4 Å². The molecule has 0 radical (unpaired) electrons. The van der Waals surface area contributed by atoms with E-state index in [1.165, 1.54) is 0 Å². The second-order valence-electron chi connectivity index (χ2n) is 8.16. The Kier molecular flexibility index (Phi) is 8.69. The number of anilines is 1. The molecule has 0 bridgehead atoms. The summed E-state index contributed by atoms with van der Waals surface area (Å²) >= 11 is 1.04. The Balaban J connectivity index is 1.63. The summed E-state index contributed by atoms with van der Waals surface area (Å²) in [6.07, 6.45) is 3.33. The van der Waals surface area contributed by atoms with Crippen molar-refractivity contribution in [1.29, 1.82) is 0 Å². The first-order valence-electron chi connectivity index (χ1n) is 11.1. The van der Waals surface area contributed by atoms with Gasteiger partial charge >= 0.3 is 0 Å². The number of nitrogens with two attached hydrogens (primary N) is 1. The Morgan fingerprint density at radius 1 is 1.00 bits per heavy atom. The van der Waals surface area contributed by atoms with Crippen molar-refractivity contribution in [3.8, 4) is 0 Å². The van der Waals surface area contributed by atoms with E-state index >= 15 is 0 Å². The van der Waals surface area contributed by atoms with Crippen LogP contribution >= 0.6 is 11.3 Å². The highest BCUT2D eigenvalue weighted by Crippen LogP contribution is 2.18. The number of allylic oxidation sites excluding steroid dienone is 1. The topological polar surface area (TPSA) is 139 Å². The van der Waals surface area contributed by atoms with Crippen LogP contribution in [-0.2, 0) is 11.3 Å². The maximum atomic E-state index is 12.9. The lowest BCUT2D eigenvalue weighted by Crippen LogP contribution is -2.25. The van der Waals surface area contributed by atoms with Crippen LogP contribution in [0.15, 0.2) is 71.2 Å². The smallest absolute Gasteiger partial charge is 0.281 e. The number of thiophene rings is 1. The number of carbonyl (C=O) groups excluding carboxylic acids is 3. The fraction of sp³-hybridized carbons (Fsp3) is 0.192. The van der Waals surface area contributed by atoms with Gasteiger partial charge in [-0.3, -0.25) is 19.4 Å². The number of rotatable bonds is 8. The van der Waals surface area contributed by atoms with E-state index < -0.39 is 11.8 Å². The first-order valence-corrected chi connectivity index (χ1v) is 11.9. The van der Waals surface area contributed by atoms with E-state index in [-0.39, 0.29) is 22.9 Å². The quantitative estimate of drug-likeness (QED) is 0.211. The van der Waals surface area contributed by atoms with Crippen molar-refractivity contribution in [3.63, 3.8) is 0 Å². The lowest BCUT2D eigenvalue weighted by atomic mass is 10.1. The minimum absolute atomic E-state index is 0.162. The summed E-state index contributed by atoms with van der Waals surface area (Å²) in [6.45, 7) is 7.44. The SMILES string of the molecule is CC(=NNC(=O)c1ccc(C(=O)NCc2cccnc2)s1)C(C(=O)Nc1ccc(C)c(C)c1)=C(C)N. The average Bonchev–Trinajstić information content (AvgIpc) is 3.34. The van der Waals surface area contributed by atoms with Crippen LogP contribution in [-0.4, -0.2) is 28.4 Å². The Morgan fingerprint density at radius 2 is 1.72 bits per heavy atom. The molecule has 0 unspecified atom stereocenters. The van der Waals surface area contributed by atoms with Gasteiger partial charge in [0.25, 0.3) is 17.7 Å². The van der Waals surface area contributed by atoms with Crippen LogP contribution in [0.2, 0.25) is 0 Å². The van der Waals surface area contributed by atoms with Crippen molar-refractivity contribution in [2.24, 2.45) is 10.8 Å². The molecule has 0 fully saturated rings. The number of nitrogens with one attached hydrogen (secondary N) is 3. The van der Waals surface area contributed by atoms with Gasteiger partial charge in [0.05, 0.1) is 21.0 Å². The van der Waals surface area contributed by atoms with Crippen molar-refractivity contribution >= 4 is 40.5 Å². The molecule has 3 aromatic rings. The molecule has 186 valence electrons. The summed E-state index contributed by atoms with van der Waals surface area (Å²) in [6, 6.07) is 12.3. The summed E-state index contributed by atoms with van der Waals surface area (Å²) in [4.78, 5) is 42.5. The van der Waals surface area contributed by atoms with Gasteiger partial charge in [-0.1, -0.05) is 12.1 Å². The first kappa shape index (κ1) is 26.3. The molecule has 3 amide bonds. The number of pyridine rings is 1. The number of hydrogen-bond acceptors (Lipinski definition) is 7. The highest BCUT2D eigenvalue weighted by molar-refractivity contribution is 7.15. The third kappa shape index (κ3) is 6.86. The van der Waals surface area contributed by atoms with Gasteiger partial charge in [0.2, 0.25) is 0 Å². The molecule has 0 spiro atoms. The molecule has 5 N–H and O–H groups in total. The van der Waals surface area contributed by atoms with Gasteiger partial charge in [-0.05, 0) is 74.7 Å². The second kappa shape index (κ2) is 11.9. The second-order valence-corrected chi connectivity index (χ2v) is 9.24. The molecule has 3 rings (SSSR count). The Labute approximate surface area is 213 Å². The van der Waals surface area contributed by atoms with Crippen LogP contribution in [0.1, 0.15) is 49.9 Å². The van der Waals surface area contributed by atoms with Gasteiger partial charge in [0, 0.05) is 30.3 Å². The first-order chi connectivity index (χ1) is 17.2. The molecule has 10 heteroatoms. The van der Waals surface area contributed by atoms with Gasteiger partial charge in [-0.15, -0.1) is 11.3 Å². The normalized spacial score (nSPS) is 11.9. The van der Waals surface area contributed by atoms with Crippen LogP contribution in [0.25, 0.3) is 0 Å². The van der Waals surface area contributed by atoms with Gasteiger partial charge in [0.1, 0.15) is 0 Å². The predicted molar refractivity (Wildman–Crippen MR) is 142 cm³/mol. The number of aromatic nitrogens is 1. The van der Waals surface area contributed by atoms with Crippen LogP contribution in [0.4, 0.5) is 5.69 Å². The van der Waals surface area contributed by atoms with E-state index in [1.807, 2.05) is 32.0 Å². The van der Waals surface area contributed by atoms with Crippen LogP contribution < -0.4 is 21.8 Å². The third-order valence-electron chi connectivity index (χ3n) is 5.30. The number of carbonyl (C=O) groups is 3. The Hall–Kier alpha value is -4.31. The molecule has 2 aromatic heterocycles. The summed E-state index contributed by atoms with van der Waals surface area (Å²) in [5.74, 6) is -1.23. The number of hydrazone groups is 1. The van der Waals surface area contributed by atoms with Crippen LogP contribution in [0.5, 0.6) is 0 Å². The maximum Gasteiger partial charge on any atom is 0.281 e. The number of amides is 3. The Bertz CT molecular complexity index is 1340. The van der Waals surface area contributed by atoms with Crippen molar-refractivity contribution < 1.29 is 14.4 Å². The summed E-state index contributed by atoms with van der Waals surface area (Å²) in [5.41, 5.74) is 12.7. The maximum absolute atomic E-state index is 12.9. The van der Waals surface area contributed by atoms with Crippen LogP contribution in [0, 0.1) is 13.8 Å². The van der Waals surface area contributed by atoms with E-state index in [0.717, 1.165) is 28.0 Å². The lowest BCUT2D eigenvalue weighted by Gasteiger charge is -2.12. The molecule has 0 saturated heterocycles. The fourth-order valence-electron chi connectivity index (χ4n) is 3.24. The zero-order valence-corrected chi connectivity index (χ0v) is 21.3. The monoisotopic (exact) mass is 504 g/mol. The molecule has 36 heavy (non-hydrogen) atoms. The van der Waals surface area contributed by atoms with Crippen molar-refractivity contribution in [2.75, 3.05) is 5.32 Å². The highest BCUT2D eigenvalue weighted by atomic mass is 32.1. The number of aryl methyl sites for hydroxylation is 2.